The van der Waals surface area contributed by atoms with E-state index in [9.17, 15) is 14.3 Å². The second-order valence-electron chi connectivity index (χ2n) is 4.38. The number of pyridine rings is 1. The van der Waals surface area contributed by atoms with Crippen molar-refractivity contribution in [2.45, 2.75) is 25.4 Å². The van der Waals surface area contributed by atoms with Gasteiger partial charge in [-0.15, -0.1) is 0 Å². The Morgan fingerprint density at radius 3 is 3.06 bits per heavy atom. The van der Waals surface area contributed by atoms with Crippen LogP contribution >= 0.6 is 0 Å². The van der Waals surface area contributed by atoms with Crippen molar-refractivity contribution in [3.05, 3.63) is 29.8 Å². The SMILES string of the molecule is O=C(NCC1CCC(O)C1)c1cccnc1F. The van der Waals surface area contributed by atoms with Gasteiger partial charge in [0.15, 0.2) is 0 Å². The third kappa shape index (κ3) is 3.00. The second kappa shape index (κ2) is 5.23. The summed E-state index contributed by atoms with van der Waals surface area (Å²) in [5, 5.41) is 12.0. The predicted octanol–water partition coefficient (Wildman–Crippen LogP) is 1.11. The Morgan fingerprint density at radius 1 is 1.59 bits per heavy atom. The van der Waals surface area contributed by atoms with Crippen LogP contribution in [0.3, 0.4) is 0 Å². The number of aliphatic hydroxyl groups is 1. The molecule has 17 heavy (non-hydrogen) atoms. The van der Waals surface area contributed by atoms with Gasteiger partial charge >= 0.3 is 0 Å². The van der Waals surface area contributed by atoms with Gasteiger partial charge < -0.3 is 10.4 Å². The number of hydrogen-bond acceptors (Lipinski definition) is 3. The first-order valence-electron chi connectivity index (χ1n) is 5.73. The van der Waals surface area contributed by atoms with Gasteiger partial charge in [-0.2, -0.15) is 4.39 Å². The van der Waals surface area contributed by atoms with E-state index in [0.717, 1.165) is 12.8 Å². The quantitative estimate of drug-likeness (QED) is 0.775. The highest BCUT2D eigenvalue weighted by Crippen LogP contribution is 2.24. The zero-order valence-corrected chi connectivity index (χ0v) is 9.40. The van der Waals surface area contributed by atoms with E-state index in [1.807, 2.05) is 0 Å². The van der Waals surface area contributed by atoms with Gasteiger partial charge in [-0.3, -0.25) is 4.79 Å². The average molecular weight is 238 g/mol. The minimum absolute atomic E-state index is 0.0361. The van der Waals surface area contributed by atoms with E-state index >= 15 is 0 Å². The van der Waals surface area contributed by atoms with Gasteiger partial charge in [-0.1, -0.05) is 0 Å². The monoisotopic (exact) mass is 238 g/mol. The summed E-state index contributed by atoms with van der Waals surface area (Å²) in [5.74, 6) is -0.915. The number of rotatable bonds is 3. The van der Waals surface area contributed by atoms with E-state index in [4.69, 9.17) is 0 Å². The number of nitrogens with zero attached hydrogens (tertiary/aromatic N) is 1. The van der Waals surface area contributed by atoms with E-state index in [-0.39, 0.29) is 17.6 Å². The van der Waals surface area contributed by atoms with Gasteiger partial charge in [0.1, 0.15) is 0 Å². The molecule has 1 aromatic heterocycles. The molecule has 0 aliphatic heterocycles. The maximum absolute atomic E-state index is 13.2. The van der Waals surface area contributed by atoms with Crippen LogP contribution in [0.4, 0.5) is 4.39 Å². The Hall–Kier alpha value is -1.49. The highest BCUT2D eigenvalue weighted by molar-refractivity contribution is 5.94. The van der Waals surface area contributed by atoms with E-state index in [0.29, 0.717) is 13.0 Å². The van der Waals surface area contributed by atoms with Gasteiger partial charge in [-0.25, -0.2) is 4.98 Å². The molecule has 1 fully saturated rings. The first-order valence-corrected chi connectivity index (χ1v) is 5.73. The van der Waals surface area contributed by atoms with E-state index in [1.165, 1.54) is 18.3 Å². The Kier molecular flexibility index (Phi) is 3.68. The fraction of sp³-hybridized carbons (Fsp3) is 0.500. The molecule has 92 valence electrons. The molecule has 0 radical (unpaired) electrons. The first-order chi connectivity index (χ1) is 8.16. The second-order valence-corrected chi connectivity index (χ2v) is 4.38. The summed E-state index contributed by atoms with van der Waals surface area (Å²) >= 11 is 0. The Labute approximate surface area is 98.9 Å². The molecule has 4 nitrogen and oxygen atoms in total. The molecule has 2 atom stereocenters. The lowest BCUT2D eigenvalue weighted by molar-refractivity contribution is 0.0940. The van der Waals surface area contributed by atoms with Crippen LogP contribution in [0, 0.1) is 11.9 Å². The van der Waals surface area contributed by atoms with E-state index in [1.54, 1.807) is 0 Å². The largest absolute Gasteiger partial charge is 0.393 e. The van der Waals surface area contributed by atoms with Gasteiger partial charge in [0.25, 0.3) is 5.91 Å². The standard InChI is InChI=1S/C12H15FN2O2/c13-11-10(2-1-5-14-11)12(17)15-7-8-3-4-9(16)6-8/h1-2,5,8-9,16H,3-4,6-7H2,(H,15,17). The molecule has 1 amide bonds. The molecule has 1 aromatic rings. The van der Waals surface area contributed by atoms with Crippen LogP contribution in [0.15, 0.2) is 18.3 Å². The molecular weight excluding hydrogens is 223 g/mol. The number of amides is 1. The summed E-state index contributed by atoms with van der Waals surface area (Å²) in [6.07, 6.45) is 3.43. The fourth-order valence-corrected chi connectivity index (χ4v) is 2.12. The van der Waals surface area contributed by atoms with Crippen molar-refractivity contribution in [2.24, 2.45) is 5.92 Å². The number of carbonyl (C=O) groups excluding carboxylic acids is 1. The number of hydrogen-bond donors (Lipinski definition) is 2. The lowest BCUT2D eigenvalue weighted by atomic mass is 10.1. The third-order valence-electron chi connectivity index (χ3n) is 3.07. The predicted molar refractivity (Wildman–Crippen MR) is 59.9 cm³/mol. The Morgan fingerprint density at radius 2 is 2.41 bits per heavy atom. The molecule has 5 heteroatoms. The fourth-order valence-electron chi connectivity index (χ4n) is 2.12. The lowest BCUT2D eigenvalue weighted by Gasteiger charge is -2.10. The lowest BCUT2D eigenvalue weighted by Crippen LogP contribution is -2.29. The summed E-state index contributed by atoms with van der Waals surface area (Å²) in [6, 6.07) is 2.93. The summed E-state index contributed by atoms with van der Waals surface area (Å²) in [7, 11) is 0. The van der Waals surface area contributed by atoms with Gasteiger partial charge in [-0.05, 0) is 37.3 Å². The van der Waals surface area contributed by atoms with Crippen LogP contribution in [-0.2, 0) is 0 Å². The zero-order chi connectivity index (χ0) is 12.3. The summed E-state index contributed by atoms with van der Waals surface area (Å²) < 4.78 is 13.2. The van der Waals surface area contributed by atoms with Crippen molar-refractivity contribution in [1.29, 1.82) is 0 Å². The van der Waals surface area contributed by atoms with Crippen molar-refractivity contribution >= 4 is 5.91 Å². The minimum atomic E-state index is -0.753. The number of aliphatic hydroxyl groups excluding tert-OH is 1. The Bertz CT molecular complexity index is 411. The smallest absolute Gasteiger partial charge is 0.255 e. The molecule has 1 aliphatic rings. The molecular formula is C12H15FN2O2. The molecule has 0 spiro atoms. The summed E-state index contributed by atoms with van der Waals surface area (Å²) in [4.78, 5) is 15.1. The molecule has 0 bridgehead atoms. The van der Waals surface area contributed by atoms with Crippen LogP contribution in [0.5, 0.6) is 0 Å². The highest BCUT2D eigenvalue weighted by atomic mass is 19.1. The van der Waals surface area contributed by atoms with Crippen LogP contribution in [-0.4, -0.2) is 28.6 Å². The van der Waals surface area contributed by atoms with Crippen molar-refractivity contribution in [3.8, 4) is 0 Å². The van der Waals surface area contributed by atoms with Crippen LogP contribution in [0.2, 0.25) is 0 Å². The minimum Gasteiger partial charge on any atom is -0.393 e. The number of halogens is 1. The molecule has 2 N–H and O–H groups in total. The number of aromatic nitrogens is 1. The normalized spacial score (nSPS) is 23.6. The summed E-state index contributed by atoms with van der Waals surface area (Å²) in [5.41, 5.74) is -0.0361. The van der Waals surface area contributed by atoms with Crippen molar-refractivity contribution in [2.75, 3.05) is 6.54 Å². The van der Waals surface area contributed by atoms with Crippen molar-refractivity contribution < 1.29 is 14.3 Å². The maximum Gasteiger partial charge on any atom is 0.255 e. The molecule has 0 aromatic carbocycles. The van der Waals surface area contributed by atoms with Crippen LogP contribution < -0.4 is 5.32 Å². The molecule has 1 saturated carbocycles. The maximum atomic E-state index is 13.2. The van der Waals surface area contributed by atoms with Gasteiger partial charge in [0.2, 0.25) is 5.95 Å². The topological polar surface area (TPSA) is 62.2 Å². The van der Waals surface area contributed by atoms with Gasteiger partial charge in [0.05, 0.1) is 11.7 Å². The van der Waals surface area contributed by atoms with Crippen molar-refractivity contribution in [1.82, 2.24) is 10.3 Å². The zero-order valence-electron chi connectivity index (χ0n) is 9.40. The number of nitrogens with one attached hydrogen (secondary N) is 1. The van der Waals surface area contributed by atoms with Crippen molar-refractivity contribution in [3.63, 3.8) is 0 Å². The third-order valence-corrected chi connectivity index (χ3v) is 3.07. The van der Waals surface area contributed by atoms with Crippen LogP contribution in [0.25, 0.3) is 0 Å². The molecule has 0 saturated heterocycles. The Balaban J connectivity index is 1.88. The number of carbonyl (C=O) groups is 1. The van der Waals surface area contributed by atoms with E-state index < -0.39 is 11.9 Å². The van der Waals surface area contributed by atoms with Gasteiger partial charge in [0, 0.05) is 12.7 Å². The van der Waals surface area contributed by atoms with E-state index in [2.05, 4.69) is 10.3 Å². The first kappa shape index (κ1) is 12.0. The molecule has 2 unspecified atom stereocenters. The molecule has 1 aliphatic carbocycles. The molecule has 1 heterocycles. The molecule has 2 rings (SSSR count). The average Bonchev–Trinajstić information content (AvgIpc) is 2.73. The van der Waals surface area contributed by atoms with Crippen LogP contribution in [0.1, 0.15) is 29.6 Å². The summed E-state index contributed by atoms with van der Waals surface area (Å²) in [6.45, 7) is 0.476. The highest BCUT2D eigenvalue weighted by Gasteiger charge is 2.23.